The molecule has 0 spiro atoms. The van der Waals surface area contributed by atoms with E-state index in [1.54, 1.807) is 29.7 Å². The van der Waals surface area contributed by atoms with Crippen molar-refractivity contribution >= 4 is 22.4 Å². The van der Waals surface area contributed by atoms with Gasteiger partial charge in [0, 0.05) is 41.8 Å². The van der Waals surface area contributed by atoms with Gasteiger partial charge in [-0.15, -0.1) is 11.3 Å². The van der Waals surface area contributed by atoms with Crippen molar-refractivity contribution in [1.82, 2.24) is 19.9 Å². The highest BCUT2D eigenvalue weighted by Crippen LogP contribution is 2.28. The SMILES string of the molecule is Oc1ccc(-c2ncc3ncc(-c4csc(CN5CCOCC5)c4)cc3n2)cc1. The normalized spacial score (nSPS) is 15.0. The molecule has 0 amide bonds. The molecule has 0 unspecified atom stereocenters. The first-order chi connectivity index (χ1) is 14.2. The Kier molecular flexibility index (Phi) is 4.93. The van der Waals surface area contributed by atoms with Gasteiger partial charge >= 0.3 is 0 Å². The number of ether oxygens (including phenoxy) is 1. The molecule has 7 heteroatoms. The largest absolute Gasteiger partial charge is 0.508 e. The molecule has 1 fully saturated rings. The molecule has 1 aromatic carbocycles. The summed E-state index contributed by atoms with van der Waals surface area (Å²) in [5.41, 5.74) is 4.65. The summed E-state index contributed by atoms with van der Waals surface area (Å²) in [4.78, 5) is 17.4. The zero-order valence-corrected chi connectivity index (χ0v) is 16.6. The first-order valence-corrected chi connectivity index (χ1v) is 10.4. The maximum atomic E-state index is 9.48. The molecule has 1 N–H and O–H groups in total. The summed E-state index contributed by atoms with van der Waals surface area (Å²) < 4.78 is 5.43. The van der Waals surface area contributed by atoms with Crippen LogP contribution >= 0.6 is 11.3 Å². The van der Waals surface area contributed by atoms with Gasteiger partial charge in [-0.2, -0.15) is 0 Å². The Bertz CT molecular complexity index is 1140. The standard InChI is InChI=1S/C22H20N4O2S/c27-18-3-1-15(2-4-18)22-24-12-21-20(25-22)10-16(11-23-21)17-9-19(29-14-17)13-26-5-7-28-8-6-26/h1-4,9-12,14,27H,5-8,13H2. The van der Waals surface area contributed by atoms with Crippen LogP contribution in [0.25, 0.3) is 33.5 Å². The molecule has 1 aliphatic rings. The molecule has 0 saturated carbocycles. The number of hydrogen-bond donors (Lipinski definition) is 1. The summed E-state index contributed by atoms with van der Waals surface area (Å²) >= 11 is 1.78. The van der Waals surface area contributed by atoms with Crippen molar-refractivity contribution in [2.24, 2.45) is 0 Å². The summed E-state index contributed by atoms with van der Waals surface area (Å²) in [6.45, 7) is 4.57. The highest BCUT2D eigenvalue weighted by atomic mass is 32.1. The number of benzene rings is 1. The maximum Gasteiger partial charge on any atom is 0.159 e. The summed E-state index contributed by atoms with van der Waals surface area (Å²) in [5.74, 6) is 0.846. The van der Waals surface area contributed by atoms with Crippen LogP contribution in [0.5, 0.6) is 5.75 Å². The van der Waals surface area contributed by atoms with Crippen molar-refractivity contribution in [3.63, 3.8) is 0 Å². The second-order valence-electron chi connectivity index (χ2n) is 7.06. The number of aromatic nitrogens is 3. The number of nitrogens with zero attached hydrogens (tertiary/aromatic N) is 4. The smallest absolute Gasteiger partial charge is 0.159 e. The van der Waals surface area contributed by atoms with Gasteiger partial charge in [-0.1, -0.05) is 0 Å². The van der Waals surface area contributed by atoms with E-state index < -0.39 is 0 Å². The minimum Gasteiger partial charge on any atom is -0.508 e. The first kappa shape index (κ1) is 18.2. The second-order valence-corrected chi connectivity index (χ2v) is 8.05. The summed E-state index contributed by atoms with van der Waals surface area (Å²) in [7, 11) is 0. The van der Waals surface area contributed by atoms with E-state index in [2.05, 4.69) is 37.4 Å². The number of aromatic hydroxyl groups is 1. The predicted octanol–water partition coefficient (Wildman–Crippen LogP) is 3.96. The molecule has 4 heterocycles. The fourth-order valence-corrected chi connectivity index (χ4v) is 4.35. The third-order valence-corrected chi connectivity index (χ3v) is 5.95. The van der Waals surface area contributed by atoms with E-state index in [0.717, 1.165) is 60.6 Å². The van der Waals surface area contributed by atoms with E-state index in [0.29, 0.717) is 5.82 Å². The van der Waals surface area contributed by atoms with Gasteiger partial charge in [0.2, 0.25) is 0 Å². The van der Waals surface area contributed by atoms with Gasteiger partial charge in [0.1, 0.15) is 11.3 Å². The van der Waals surface area contributed by atoms with E-state index in [1.807, 2.05) is 18.3 Å². The fourth-order valence-electron chi connectivity index (χ4n) is 3.42. The van der Waals surface area contributed by atoms with Gasteiger partial charge in [0.05, 0.1) is 24.9 Å². The third-order valence-electron chi connectivity index (χ3n) is 5.03. The van der Waals surface area contributed by atoms with Gasteiger partial charge in [-0.05, 0) is 47.3 Å². The van der Waals surface area contributed by atoms with Gasteiger partial charge < -0.3 is 9.84 Å². The zero-order valence-electron chi connectivity index (χ0n) is 15.8. The molecule has 29 heavy (non-hydrogen) atoms. The molecule has 6 nitrogen and oxygen atoms in total. The highest BCUT2D eigenvalue weighted by Gasteiger charge is 2.13. The van der Waals surface area contributed by atoms with Crippen molar-refractivity contribution in [2.75, 3.05) is 26.3 Å². The van der Waals surface area contributed by atoms with Crippen LogP contribution in [-0.2, 0) is 11.3 Å². The number of fused-ring (bicyclic) bond motifs is 1. The molecule has 4 aromatic rings. The summed E-state index contributed by atoms with van der Waals surface area (Å²) in [6, 6.07) is 11.2. The molecule has 1 aliphatic heterocycles. The molecule has 0 aliphatic carbocycles. The van der Waals surface area contributed by atoms with E-state index in [4.69, 9.17) is 4.74 Å². The molecule has 0 atom stereocenters. The summed E-state index contributed by atoms with van der Waals surface area (Å²) in [5, 5.41) is 11.7. The van der Waals surface area contributed by atoms with Gasteiger partial charge in [0.15, 0.2) is 5.82 Å². The number of hydrogen-bond acceptors (Lipinski definition) is 7. The van der Waals surface area contributed by atoms with Crippen LogP contribution in [0.2, 0.25) is 0 Å². The lowest BCUT2D eigenvalue weighted by Gasteiger charge is -2.25. The first-order valence-electron chi connectivity index (χ1n) is 9.55. The fraction of sp³-hybridized carbons (Fsp3) is 0.227. The number of pyridine rings is 1. The number of phenolic OH excluding ortho intramolecular Hbond substituents is 1. The van der Waals surface area contributed by atoms with Crippen molar-refractivity contribution < 1.29 is 9.84 Å². The van der Waals surface area contributed by atoms with Crippen LogP contribution in [0.3, 0.4) is 0 Å². The maximum absolute atomic E-state index is 9.48. The lowest BCUT2D eigenvalue weighted by molar-refractivity contribution is 0.0346. The monoisotopic (exact) mass is 404 g/mol. The summed E-state index contributed by atoms with van der Waals surface area (Å²) in [6.07, 6.45) is 3.62. The number of thiophene rings is 1. The topological polar surface area (TPSA) is 71.4 Å². The van der Waals surface area contributed by atoms with Crippen molar-refractivity contribution in [2.45, 2.75) is 6.54 Å². The Hall–Kier alpha value is -2.87. The van der Waals surface area contributed by atoms with E-state index in [-0.39, 0.29) is 5.75 Å². The molecular weight excluding hydrogens is 384 g/mol. The Morgan fingerprint density at radius 3 is 2.59 bits per heavy atom. The molecular formula is C22H20N4O2S. The molecule has 1 saturated heterocycles. The Balaban J connectivity index is 1.42. The molecule has 0 bridgehead atoms. The van der Waals surface area contributed by atoms with Gasteiger partial charge in [-0.25, -0.2) is 9.97 Å². The zero-order chi connectivity index (χ0) is 19.6. The van der Waals surface area contributed by atoms with Crippen molar-refractivity contribution in [1.29, 1.82) is 0 Å². The van der Waals surface area contributed by atoms with Crippen LogP contribution in [0.4, 0.5) is 0 Å². The Morgan fingerprint density at radius 2 is 1.76 bits per heavy atom. The van der Waals surface area contributed by atoms with Crippen LogP contribution in [0.15, 0.2) is 54.2 Å². The quantitative estimate of drug-likeness (QED) is 0.555. The lowest BCUT2D eigenvalue weighted by Crippen LogP contribution is -2.35. The van der Waals surface area contributed by atoms with Gasteiger partial charge in [0.25, 0.3) is 0 Å². The minimum atomic E-state index is 0.226. The Labute approximate surface area is 172 Å². The number of morpholine rings is 1. The second kappa shape index (κ2) is 7.87. The lowest BCUT2D eigenvalue weighted by atomic mass is 10.1. The number of rotatable bonds is 4. The van der Waals surface area contributed by atoms with Crippen LogP contribution in [0, 0.1) is 0 Å². The average Bonchev–Trinajstić information content (AvgIpc) is 3.23. The van der Waals surface area contributed by atoms with E-state index in [9.17, 15) is 5.11 Å². The van der Waals surface area contributed by atoms with Crippen molar-refractivity contribution in [3.05, 3.63) is 59.0 Å². The van der Waals surface area contributed by atoms with Gasteiger partial charge in [-0.3, -0.25) is 9.88 Å². The van der Waals surface area contributed by atoms with E-state index >= 15 is 0 Å². The average molecular weight is 404 g/mol. The molecule has 0 radical (unpaired) electrons. The van der Waals surface area contributed by atoms with Crippen LogP contribution in [-0.4, -0.2) is 51.3 Å². The highest BCUT2D eigenvalue weighted by molar-refractivity contribution is 7.10. The van der Waals surface area contributed by atoms with Crippen LogP contribution < -0.4 is 0 Å². The third kappa shape index (κ3) is 3.98. The minimum absolute atomic E-state index is 0.226. The Morgan fingerprint density at radius 1 is 0.931 bits per heavy atom. The van der Waals surface area contributed by atoms with Crippen LogP contribution in [0.1, 0.15) is 4.88 Å². The molecule has 5 rings (SSSR count). The number of phenols is 1. The van der Waals surface area contributed by atoms with Crippen molar-refractivity contribution in [3.8, 4) is 28.3 Å². The molecule has 3 aromatic heterocycles. The van der Waals surface area contributed by atoms with E-state index in [1.165, 1.54) is 4.88 Å². The predicted molar refractivity (Wildman–Crippen MR) is 114 cm³/mol. The molecule has 146 valence electrons.